The van der Waals surface area contributed by atoms with Crippen LogP contribution in [0.25, 0.3) is 0 Å². The Morgan fingerprint density at radius 1 is 1.00 bits per heavy atom. The average molecular weight is 460 g/mol. The SMILES string of the molecule is COc1ccc(C2CC(=O)N(c3ccc(F)c(Cl)c3)C3=C2C(=O)CCC3)c(OC)c1OC. The van der Waals surface area contributed by atoms with E-state index in [-0.39, 0.29) is 23.1 Å². The molecular formula is C24H23ClFNO5. The van der Waals surface area contributed by atoms with Crippen molar-refractivity contribution in [2.24, 2.45) is 0 Å². The van der Waals surface area contributed by atoms with Gasteiger partial charge in [-0.25, -0.2) is 4.39 Å². The Labute approximate surface area is 190 Å². The van der Waals surface area contributed by atoms with Crippen molar-refractivity contribution in [3.05, 3.63) is 58.0 Å². The summed E-state index contributed by atoms with van der Waals surface area (Å²) in [5.41, 5.74) is 2.32. The van der Waals surface area contributed by atoms with E-state index in [0.717, 1.165) is 0 Å². The first-order valence-corrected chi connectivity index (χ1v) is 10.6. The molecule has 0 saturated heterocycles. The van der Waals surface area contributed by atoms with Gasteiger partial charge in [0.05, 0.1) is 32.0 Å². The predicted molar refractivity (Wildman–Crippen MR) is 118 cm³/mol. The smallest absolute Gasteiger partial charge is 0.232 e. The maximum absolute atomic E-state index is 13.7. The van der Waals surface area contributed by atoms with Crippen LogP contribution in [0, 0.1) is 5.82 Å². The molecule has 0 radical (unpaired) electrons. The summed E-state index contributed by atoms with van der Waals surface area (Å²) in [6.07, 6.45) is 1.63. The van der Waals surface area contributed by atoms with Gasteiger partial charge in [-0.2, -0.15) is 0 Å². The van der Waals surface area contributed by atoms with Crippen LogP contribution in [0.2, 0.25) is 5.02 Å². The number of anilines is 1. The lowest BCUT2D eigenvalue weighted by molar-refractivity contribution is -0.119. The molecule has 0 fully saturated rings. The lowest BCUT2D eigenvalue weighted by Crippen LogP contribution is -2.40. The van der Waals surface area contributed by atoms with Gasteiger partial charge in [0, 0.05) is 35.6 Å². The van der Waals surface area contributed by atoms with Crippen molar-refractivity contribution < 1.29 is 28.2 Å². The Morgan fingerprint density at radius 2 is 1.75 bits per heavy atom. The van der Waals surface area contributed by atoms with Crippen LogP contribution in [-0.2, 0) is 9.59 Å². The highest BCUT2D eigenvalue weighted by Crippen LogP contribution is 2.49. The standard InChI is InChI=1S/C24H23ClFNO5/c1-30-20-10-8-14(23(31-2)24(20)32-3)15-12-21(29)27(13-7-9-17(26)16(25)11-13)18-5-4-6-19(28)22(15)18/h7-11,15H,4-6,12H2,1-3H3. The Balaban J connectivity index is 1.90. The van der Waals surface area contributed by atoms with E-state index in [2.05, 4.69) is 0 Å². The van der Waals surface area contributed by atoms with Crippen molar-refractivity contribution in [3.8, 4) is 17.2 Å². The molecule has 4 rings (SSSR count). The summed E-state index contributed by atoms with van der Waals surface area (Å²) in [6.45, 7) is 0. The van der Waals surface area contributed by atoms with Crippen LogP contribution in [0.15, 0.2) is 41.6 Å². The summed E-state index contributed by atoms with van der Waals surface area (Å²) < 4.78 is 30.2. The van der Waals surface area contributed by atoms with E-state index in [4.69, 9.17) is 25.8 Å². The molecular weight excluding hydrogens is 437 g/mol. The first-order chi connectivity index (χ1) is 15.4. The van der Waals surface area contributed by atoms with E-state index in [1.807, 2.05) is 0 Å². The normalized spacial score (nSPS) is 18.5. The number of carbonyl (C=O) groups is 2. The molecule has 2 aromatic rings. The zero-order valence-corrected chi connectivity index (χ0v) is 18.8. The summed E-state index contributed by atoms with van der Waals surface area (Å²) in [6, 6.07) is 7.67. The van der Waals surface area contributed by atoms with Gasteiger partial charge in [-0.1, -0.05) is 17.7 Å². The zero-order valence-electron chi connectivity index (χ0n) is 18.0. The number of methoxy groups -OCH3 is 3. The number of ketones is 1. The van der Waals surface area contributed by atoms with Gasteiger partial charge in [-0.05, 0) is 37.1 Å². The highest BCUT2D eigenvalue weighted by atomic mass is 35.5. The van der Waals surface area contributed by atoms with E-state index in [1.54, 1.807) is 12.1 Å². The molecule has 2 aliphatic rings. The van der Waals surface area contributed by atoms with Gasteiger partial charge >= 0.3 is 0 Å². The number of allylic oxidation sites excluding steroid dienone is 2. The molecule has 1 heterocycles. The summed E-state index contributed by atoms with van der Waals surface area (Å²) in [5.74, 6) is 0.0315. The van der Waals surface area contributed by atoms with Crippen LogP contribution < -0.4 is 19.1 Å². The maximum atomic E-state index is 13.7. The number of rotatable bonds is 5. The quantitative estimate of drug-likeness (QED) is 0.627. The Kier molecular flexibility index (Phi) is 6.11. The van der Waals surface area contributed by atoms with Crippen molar-refractivity contribution in [3.63, 3.8) is 0 Å². The molecule has 0 bridgehead atoms. The van der Waals surface area contributed by atoms with Crippen molar-refractivity contribution in [2.45, 2.75) is 31.6 Å². The molecule has 8 heteroatoms. The number of benzene rings is 2. The second kappa shape index (κ2) is 8.82. The molecule has 1 atom stereocenters. The molecule has 168 valence electrons. The molecule has 6 nitrogen and oxygen atoms in total. The van der Waals surface area contributed by atoms with Gasteiger partial charge in [-0.3, -0.25) is 14.5 Å². The van der Waals surface area contributed by atoms with Crippen LogP contribution in [0.1, 0.15) is 37.2 Å². The van der Waals surface area contributed by atoms with Gasteiger partial charge in [0.1, 0.15) is 5.82 Å². The third-order valence-corrected chi connectivity index (χ3v) is 6.24. The number of carbonyl (C=O) groups excluding carboxylic acids is 2. The lowest BCUT2D eigenvalue weighted by atomic mass is 9.76. The van der Waals surface area contributed by atoms with Crippen LogP contribution in [0.5, 0.6) is 17.2 Å². The van der Waals surface area contributed by atoms with Crippen molar-refractivity contribution >= 4 is 29.0 Å². The minimum atomic E-state index is -0.568. The summed E-state index contributed by atoms with van der Waals surface area (Å²) in [4.78, 5) is 28.0. The monoisotopic (exact) mass is 459 g/mol. The van der Waals surface area contributed by atoms with Crippen LogP contribution in [0.3, 0.4) is 0 Å². The lowest BCUT2D eigenvalue weighted by Gasteiger charge is -2.38. The summed E-state index contributed by atoms with van der Waals surface area (Å²) in [7, 11) is 4.54. The highest BCUT2D eigenvalue weighted by Gasteiger charge is 2.41. The van der Waals surface area contributed by atoms with Crippen molar-refractivity contribution in [2.75, 3.05) is 26.2 Å². The van der Waals surface area contributed by atoms with Crippen molar-refractivity contribution in [1.29, 1.82) is 0 Å². The number of hydrogen-bond donors (Lipinski definition) is 0. The summed E-state index contributed by atoms with van der Waals surface area (Å²) >= 11 is 5.97. The fraction of sp³-hybridized carbons (Fsp3) is 0.333. The van der Waals surface area contributed by atoms with Gasteiger partial charge in [0.2, 0.25) is 11.7 Å². The molecule has 1 unspecified atom stereocenters. The number of ether oxygens (including phenoxy) is 3. The number of amides is 1. The Bertz CT molecular complexity index is 1130. The molecule has 2 aromatic carbocycles. The predicted octanol–water partition coefficient (Wildman–Crippen LogP) is 5.03. The molecule has 0 aromatic heterocycles. The third-order valence-electron chi connectivity index (χ3n) is 5.95. The Morgan fingerprint density at radius 3 is 2.41 bits per heavy atom. The molecule has 32 heavy (non-hydrogen) atoms. The zero-order chi connectivity index (χ0) is 23.0. The average Bonchev–Trinajstić information content (AvgIpc) is 2.79. The number of Topliss-reactive ketones (excluding diaryl/α,β-unsaturated/α-hetero) is 1. The second-order valence-electron chi connectivity index (χ2n) is 7.64. The molecule has 0 saturated carbocycles. The van der Waals surface area contributed by atoms with Gasteiger partial charge in [-0.15, -0.1) is 0 Å². The van der Waals surface area contributed by atoms with Crippen LogP contribution >= 0.6 is 11.6 Å². The molecule has 1 aliphatic heterocycles. The third kappa shape index (κ3) is 3.60. The fourth-order valence-electron chi connectivity index (χ4n) is 4.58. The molecule has 1 amide bonds. The maximum Gasteiger partial charge on any atom is 0.232 e. The largest absolute Gasteiger partial charge is 0.493 e. The minimum absolute atomic E-state index is 0.0150. The van der Waals surface area contributed by atoms with Crippen LogP contribution in [-0.4, -0.2) is 33.0 Å². The van der Waals surface area contributed by atoms with Gasteiger partial charge < -0.3 is 14.2 Å². The number of nitrogens with zero attached hydrogens (tertiary/aromatic N) is 1. The van der Waals surface area contributed by atoms with E-state index >= 15 is 0 Å². The molecule has 0 spiro atoms. The first-order valence-electron chi connectivity index (χ1n) is 10.2. The van der Waals surface area contributed by atoms with E-state index in [9.17, 15) is 14.0 Å². The number of halogens is 2. The number of hydrogen-bond acceptors (Lipinski definition) is 5. The first kappa shape index (κ1) is 22.1. The highest BCUT2D eigenvalue weighted by molar-refractivity contribution is 6.31. The second-order valence-corrected chi connectivity index (χ2v) is 8.05. The van der Waals surface area contributed by atoms with Gasteiger partial charge in [0.25, 0.3) is 0 Å². The van der Waals surface area contributed by atoms with E-state index in [1.165, 1.54) is 44.4 Å². The molecule has 1 aliphatic carbocycles. The van der Waals surface area contributed by atoms with E-state index < -0.39 is 11.7 Å². The fourth-order valence-corrected chi connectivity index (χ4v) is 4.76. The minimum Gasteiger partial charge on any atom is -0.493 e. The molecule has 0 N–H and O–H groups in total. The van der Waals surface area contributed by atoms with Crippen molar-refractivity contribution in [1.82, 2.24) is 0 Å². The van der Waals surface area contributed by atoms with Crippen LogP contribution in [0.4, 0.5) is 10.1 Å². The van der Waals surface area contributed by atoms with Gasteiger partial charge in [0.15, 0.2) is 17.3 Å². The Hall–Kier alpha value is -3.06. The summed E-state index contributed by atoms with van der Waals surface area (Å²) in [5, 5.41) is -0.0803. The van der Waals surface area contributed by atoms with E-state index in [0.29, 0.717) is 59.0 Å². The topological polar surface area (TPSA) is 65.1 Å².